The Kier molecular flexibility index (Phi) is 5.81. The van der Waals surface area contributed by atoms with Gasteiger partial charge in [-0.1, -0.05) is 75.9 Å². The molecule has 120 valence electrons. The van der Waals surface area contributed by atoms with Crippen LogP contribution in [0.1, 0.15) is 47.1 Å². The molecular weight excluding hydrogens is 300 g/mol. The SMILES string of the molecule is CC(C)[Si](Cc1ccc(S(=O)(=O)O)cc1)(C(C)C)C(C)C. The van der Waals surface area contributed by atoms with Crippen molar-refractivity contribution in [2.24, 2.45) is 0 Å². The molecule has 0 aliphatic rings. The molecule has 0 unspecified atom stereocenters. The topological polar surface area (TPSA) is 54.4 Å². The highest BCUT2D eigenvalue weighted by Gasteiger charge is 2.42. The molecule has 0 aliphatic carbocycles. The van der Waals surface area contributed by atoms with E-state index in [-0.39, 0.29) is 4.90 Å². The maximum atomic E-state index is 11.1. The lowest BCUT2D eigenvalue weighted by atomic mass is 10.2. The van der Waals surface area contributed by atoms with E-state index in [1.807, 2.05) is 12.1 Å². The molecule has 1 aromatic carbocycles. The average Bonchev–Trinajstić information content (AvgIpc) is 2.34. The van der Waals surface area contributed by atoms with Crippen molar-refractivity contribution < 1.29 is 13.0 Å². The van der Waals surface area contributed by atoms with Gasteiger partial charge < -0.3 is 0 Å². The zero-order valence-corrected chi connectivity index (χ0v) is 15.7. The number of hydrogen-bond acceptors (Lipinski definition) is 2. The summed E-state index contributed by atoms with van der Waals surface area (Å²) in [7, 11) is -5.64. The Bertz CT molecular complexity index is 538. The van der Waals surface area contributed by atoms with Gasteiger partial charge in [0.25, 0.3) is 10.1 Å². The minimum absolute atomic E-state index is 0.0304. The standard InChI is InChI=1S/C16H28O3SSi/c1-12(2)21(13(3)4,14(5)6)11-15-7-9-16(10-8-15)20(17,18)19/h7-10,12-14H,11H2,1-6H3,(H,17,18,19). The summed E-state index contributed by atoms with van der Waals surface area (Å²) in [4.78, 5) is -0.0304. The minimum atomic E-state index is -4.10. The van der Waals surface area contributed by atoms with Crippen LogP contribution in [0.2, 0.25) is 16.6 Å². The average molecular weight is 329 g/mol. The molecule has 1 aromatic rings. The van der Waals surface area contributed by atoms with Crippen molar-refractivity contribution in [1.82, 2.24) is 0 Å². The summed E-state index contributed by atoms with van der Waals surface area (Å²) in [5.41, 5.74) is 3.17. The van der Waals surface area contributed by atoms with E-state index in [1.54, 1.807) is 0 Å². The number of benzene rings is 1. The van der Waals surface area contributed by atoms with Crippen LogP contribution in [0, 0.1) is 0 Å². The lowest BCUT2D eigenvalue weighted by Gasteiger charge is -2.43. The number of hydrogen-bond donors (Lipinski definition) is 1. The van der Waals surface area contributed by atoms with Gasteiger partial charge in [-0.25, -0.2) is 0 Å². The third-order valence-electron chi connectivity index (χ3n) is 4.96. The van der Waals surface area contributed by atoms with Crippen LogP contribution in [0.3, 0.4) is 0 Å². The molecule has 1 N–H and O–H groups in total. The fourth-order valence-electron chi connectivity index (χ4n) is 3.75. The van der Waals surface area contributed by atoms with E-state index in [2.05, 4.69) is 41.5 Å². The fraction of sp³-hybridized carbons (Fsp3) is 0.625. The molecule has 0 bridgehead atoms. The summed E-state index contributed by atoms with van der Waals surface area (Å²) in [5, 5.41) is 0. The van der Waals surface area contributed by atoms with Gasteiger partial charge >= 0.3 is 0 Å². The molecule has 5 heteroatoms. The first-order valence-corrected chi connectivity index (χ1v) is 11.5. The Hall–Kier alpha value is -0.653. The molecule has 0 fully saturated rings. The Morgan fingerprint density at radius 1 is 0.905 bits per heavy atom. The molecule has 3 nitrogen and oxygen atoms in total. The van der Waals surface area contributed by atoms with E-state index < -0.39 is 18.2 Å². The van der Waals surface area contributed by atoms with Gasteiger partial charge in [0, 0.05) is 0 Å². The second kappa shape index (κ2) is 6.63. The first-order valence-electron chi connectivity index (χ1n) is 7.58. The van der Waals surface area contributed by atoms with Gasteiger partial charge in [-0.3, -0.25) is 4.55 Å². The summed E-state index contributed by atoms with van der Waals surface area (Å²) >= 11 is 0. The lowest BCUT2D eigenvalue weighted by Crippen LogP contribution is -2.47. The molecule has 0 radical (unpaired) electrons. The highest BCUT2D eigenvalue weighted by molar-refractivity contribution is 7.85. The Labute approximate surface area is 130 Å². The van der Waals surface area contributed by atoms with Crippen LogP contribution in [0.15, 0.2) is 29.2 Å². The van der Waals surface area contributed by atoms with E-state index in [0.717, 1.165) is 6.04 Å². The third-order valence-corrected chi connectivity index (χ3v) is 13.3. The van der Waals surface area contributed by atoms with Crippen LogP contribution < -0.4 is 0 Å². The molecule has 0 heterocycles. The molecule has 0 atom stereocenters. The minimum Gasteiger partial charge on any atom is -0.282 e. The van der Waals surface area contributed by atoms with Gasteiger partial charge in [-0.2, -0.15) is 8.42 Å². The first-order chi connectivity index (χ1) is 9.51. The van der Waals surface area contributed by atoms with Crippen molar-refractivity contribution in [2.45, 2.75) is 69.1 Å². The van der Waals surface area contributed by atoms with Crippen LogP contribution in [0.25, 0.3) is 0 Å². The quantitative estimate of drug-likeness (QED) is 0.608. The van der Waals surface area contributed by atoms with Gasteiger partial charge in [0.05, 0.1) is 13.0 Å². The summed E-state index contributed by atoms with van der Waals surface area (Å²) in [5.74, 6) is 0. The van der Waals surface area contributed by atoms with Crippen LogP contribution in [-0.4, -0.2) is 21.0 Å². The lowest BCUT2D eigenvalue weighted by molar-refractivity contribution is 0.483. The molecule has 0 amide bonds. The van der Waals surface area contributed by atoms with Gasteiger partial charge in [-0.05, 0) is 18.2 Å². The summed E-state index contributed by atoms with van der Waals surface area (Å²) in [6.45, 7) is 13.9. The fourth-order valence-corrected chi connectivity index (χ4v) is 10.4. The largest absolute Gasteiger partial charge is 0.294 e. The van der Waals surface area contributed by atoms with E-state index in [4.69, 9.17) is 4.55 Å². The van der Waals surface area contributed by atoms with E-state index >= 15 is 0 Å². The molecule has 0 saturated heterocycles. The Balaban J connectivity index is 3.16. The van der Waals surface area contributed by atoms with E-state index in [9.17, 15) is 8.42 Å². The smallest absolute Gasteiger partial charge is 0.282 e. The first kappa shape index (κ1) is 18.4. The van der Waals surface area contributed by atoms with Crippen molar-refractivity contribution in [3.63, 3.8) is 0 Å². The highest BCUT2D eigenvalue weighted by atomic mass is 32.2. The third kappa shape index (κ3) is 3.96. The van der Waals surface area contributed by atoms with E-state index in [1.165, 1.54) is 17.7 Å². The van der Waals surface area contributed by atoms with Crippen molar-refractivity contribution in [2.75, 3.05) is 0 Å². The van der Waals surface area contributed by atoms with E-state index in [0.29, 0.717) is 16.6 Å². The predicted molar refractivity (Wildman–Crippen MR) is 91.0 cm³/mol. The van der Waals surface area contributed by atoms with Crippen molar-refractivity contribution in [1.29, 1.82) is 0 Å². The summed E-state index contributed by atoms with van der Waals surface area (Å²) in [6, 6.07) is 7.75. The van der Waals surface area contributed by atoms with Crippen molar-refractivity contribution in [3.8, 4) is 0 Å². The van der Waals surface area contributed by atoms with Crippen molar-refractivity contribution in [3.05, 3.63) is 29.8 Å². The van der Waals surface area contributed by atoms with Crippen LogP contribution in [0.5, 0.6) is 0 Å². The Morgan fingerprint density at radius 2 is 1.29 bits per heavy atom. The Morgan fingerprint density at radius 3 is 1.57 bits per heavy atom. The molecule has 21 heavy (non-hydrogen) atoms. The van der Waals surface area contributed by atoms with Crippen molar-refractivity contribution >= 4 is 18.2 Å². The molecule has 0 aliphatic heterocycles. The maximum Gasteiger partial charge on any atom is 0.294 e. The van der Waals surface area contributed by atoms with Gasteiger partial charge in [0.15, 0.2) is 0 Å². The van der Waals surface area contributed by atoms with Gasteiger partial charge in [0.1, 0.15) is 0 Å². The molecule has 1 rings (SSSR count). The maximum absolute atomic E-state index is 11.1. The zero-order chi connectivity index (χ0) is 16.4. The monoisotopic (exact) mass is 328 g/mol. The zero-order valence-electron chi connectivity index (χ0n) is 13.9. The highest BCUT2D eigenvalue weighted by Crippen LogP contribution is 2.43. The van der Waals surface area contributed by atoms with Gasteiger partial charge in [0.2, 0.25) is 0 Å². The molecule has 0 aromatic heterocycles. The molecular formula is C16H28O3SSi. The van der Waals surface area contributed by atoms with Crippen LogP contribution in [0.4, 0.5) is 0 Å². The second-order valence-corrected chi connectivity index (χ2v) is 14.3. The van der Waals surface area contributed by atoms with Crippen LogP contribution >= 0.6 is 0 Å². The normalized spacial score (nSPS) is 13.4. The second-order valence-electron chi connectivity index (χ2n) is 6.87. The predicted octanol–water partition coefficient (Wildman–Crippen LogP) is 4.69. The molecule has 0 saturated carbocycles. The van der Waals surface area contributed by atoms with Gasteiger partial charge in [-0.15, -0.1) is 0 Å². The van der Waals surface area contributed by atoms with Crippen LogP contribution in [-0.2, 0) is 16.2 Å². The summed E-state index contributed by atoms with van der Waals surface area (Å²) in [6.07, 6.45) is 0. The molecule has 0 spiro atoms. The number of rotatable bonds is 6. The summed E-state index contributed by atoms with van der Waals surface area (Å²) < 4.78 is 31.3.